The fourth-order valence-corrected chi connectivity index (χ4v) is 5.10. The summed E-state index contributed by atoms with van der Waals surface area (Å²) in [5.74, 6) is -0.729. The minimum Gasteiger partial charge on any atom is -0.466 e. The van der Waals surface area contributed by atoms with Crippen LogP contribution < -0.4 is 4.31 Å². The SMILES string of the molecule is CCOC(=O)Cc1ccc(N(Cc2ccc(F)cc2)S(=O)(=O)c2cc(C)ccc2C)cc1. The Labute approximate surface area is 188 Å². The molecule has 0 aromatic heterocycles. The molecule has 0 aliphatic rings. The molecule has 3 aromatic rings. The van der Waals surface area contributed by atoms with E-state index in [4.69, 9.17) is 4.74 Å². The van der Waals surface area contributed by atoms with Crippen LogP contribution in [0.2, 0.25) is 0 Å². The highest BCUT2D eigenvalue weighted by Gasteiger charge is 2.27. The van der Waals surface area contributed by atoms with Crippen molar-refractivity contribution in [2.24, 2.45) is 0 Å². The van der Waals surface area contributed by atoms with E-state index in [1.54, 1.807) is 62.4 Å². The van der Waals surface area contributed by atoms with Crippen molar-refractivity contribution in [1.82, 2.24) is 0 Å². The van der Waals surface area contributed by atoms with E-state index in [2.05, 4.69) is 0 Å². The second-order valence-electron chi connectivity index (χ2n) is 7.56. The fraction of sp³-hybridized carbons (Fsp3) is 0.240. The lowest BCUT2D eigenvalue weighted by molar-refractivity contribution is -0.142. The van der Waals surface area contributed by atoms with Gasteiger partial charge in [0.05, 0.1) is 30.2 Å². The number of anilines is 1. The molecule has 0 spiro atoms. The van der Waals surface area contributed by atoms with Gasteiger partial charge in [0.1, 0.15) is 5.82 Å². The van der Waals surface area contributed by atoms with E-state index in [1.165, 1.54) is 16.4 Å². The number of hydrogen-bond donors (Lipinski definition) is 0. The van der Waals surface area contributed by atoms with Crippen molar-refractivity contribution >= 4 is 21.7 Å². The molecule has 0 atom stereocenters. The summed E-state index contributed by atoms with van der Waals surface area (Å²) in [5.41, 5.74) is 3.29. The molecule has 168 valence electrons. The average molecular weight is 456 g/mol. The lowest BCUT2D eigenvalue weighted by Crippen LogP contribution is -2.31. The normalized spacial score (nSPS) is 11.2. The monoisotopic (exact) mass is 455 g/mol. The Kier molecular flexibility index (Phi) is 7.30. The molecule has 0 N–H and O–H groups in total. The quantitative estimate of drug-likeness (QED) is 0.451. The number of benzene rings is 3. The first-order valence-corrected chi connectivity index (χ1v) is 11.7. The van der Waals surface area contributed by atoms with E-state index in [1.807, 2.05) is 13.0 Å². The molecule has 0 amide bonds. The Morgan fingerprint density at radius 2 is 1.56 bits per heavy atom. The first-order chi connectivity index (χ1) is 15.2. The van der Waals surface area contributed by atoms with Crippen LogP contribution in [-0.2, 0) is 32.5 Å². The highest BCUT2D eigenvalue weighted by Crippen LogP contribution is 2.29. The number of nitrogens with zero attached hydrogens (tertiary/aromatic N) is 1. The Hall–Kier alpha value is -3.19. The van der Waals surface area contributed by atoms with Gasteiger partial charge in [-0.2, -0.15) is 0 Å². The summed E-state index contributed by atoms with van der Waals surface area (Å²) in [4.78, 5) is 12.0. The number of esters is 1. The van der Waals surface area contributed by atoms with Gasteiger partial charge in [-0.1, -0.05) is 36.4 Å². The lowest BCUT2D eigenvalue weighted by atomic mass is 10.1. The van der Waals surface area contributed by atoms with E-state index in [9.17, 15) is 17.6 Å². The molecule has 0 saturated heterocycles. The molecule has 0 bridgehead atoms. The van der Waals surface area contributed by atoms with Crippen LogP contribution in [-0.4, -0.2) is 21.0 Å². The summed E-state index contributed by atoms with van der Waals surface area (Å²) in [6.07, 6.45) is 0.107. The highest BCUT2D eigenvalue weighted by molar-refractivity contribution is 7.92. The highest BCUT2D eigenvalue weighted by atomic mass is 32.2. The van der Waals surface area contributed by atoms with Gasteiger partial charge in [0.2, 0.25) is 0 Å². The van der Waals surface area contributed by atoms with Crippen LogP contribution in [0.4, 0.5) is 10.1 Å². The number of halogens is 1. The number of sulfonamides is 1. The fourth-order valence-electron chi connectivity index (χ4n) is 3.33. The van der Waals surface area contributed by atoms with Crippen molar-refractivity contribution in [2.75, 3.05) is 10.9 Å². The summed E-state index contributed by atoms with van der Waals surface area (Å²) >= 11 is 0. The van der Waals surface area contributed by atoms with Gasteiger partial charge in [-0.05, 0) is 73.4 Å². The maximum absolute atomic E-state index is 13.7. The van der Waals surface area contributed by atoms with E-state index in [-0.39, 0.29) is 29.6 Å². The van der Waals surface area contributed by atoms with Crippen molar-refractivity contribution < 1.29 is 22.3 Å². The van der Waals surface area contributed by atoms with Crippen LogP contribution in [0, 0.1) is 19.7 Å². The van der Waals surface area contributed by atoms with Crippen molar-refractivity contribution in [1.29, 1.82) is 0 Å². The summed E-state index contributed by atoms with van der Waals surface area (Å²) < 4.78 is 47.1. The largest absolute Gasteiger partial charge is 0.466 e. The predicted octanol–water partition coefficient (Wildman–Crippen LogP) is 4.94. The summed E-state index contributed by atoms with van der Waals surface area (Å²) in [6.45, 7) is 5.67. The van der Waals surface area contributed by atoms with Crippen LogP contribution in [0.15, 0.2) is 71.6 Å². The molecule has 0 aliphatic carbocycles. The van der Waals surface area contributed by atoms with Crippen molar-refractivity contribution in [3.8, 4) is 0 Å². The number of ether oxygens (including phenoxy) is 1. The number of aryl methyl sites for hydroxylation is 2. The van der Waals surface area contributed by atoms with Crippen LogP contribution in [0.3, 0.4) is 0 Å². The summed E-state index contributed by atoms with van der Waals surface area (Å²) in [6, 6.07) is 17.8. The van der Waals surface area contributed by atoms with Gasteiger partial charge in [-0.15, -0.1) is 0 Å². The standard InChI is InChI=1S/C25H26FNO4S/c1-4-31-25(28)16-20-9-13-23(14-10-20)27(17-21-7-11-22(26)12-8-21)32(29,30)24-15-18(2)5-6-19(24)3/h5-15H,4,16-17H2,1-3H3. The van der Waals surface area contributed by atoms with Crippen LogP contribution >= 0.6 is 0 Å². The minimum absolute atomic E-state index is 0.0349. The van der Waals surface area contributed by atoms with Gasteiger partial charge in [-0.3, -0.25) is 9.10 Å². The molecule has 0 unspecified atom stereocenters. The smallest absolute Gasteiger partial charge is 0.310 e. The molecular weight excluding hydrogens is 429 g/mol. The average Bonchev–Trinajstić information content (AvgIpc) is 2.75. The van der Waals surface area contributed by atoms with E-state index >= 15 is 0 Å². The zero-order valence-corrected chi connectivity index (χ0v) is 19.2. The van der Waals surface area contributed by atoms with E-state index in [0.717, 1.165) is 11.1 Å². The third-order valence-corrected chi connectivity index (χ3v) is 6.95. The molecule has 0 saturated carbocycles. The number of rotatable bonds is 8. The molecule has 3 rings (SSSR count). The molecule has 0 heterocycles. The second kappa shape index (κ2) is 9.96. The van der Waals surface area contributed by atoms with Crippen molar-refractivity contribution in [3.05, 3.63) is 94.8 Å². The van der Waals surface area contributed by atoms with E-state index in [0.29, 0.717) is 23.4 Å². The third-order valence-electron chi connectivity index (χ3n) is 5.03. The van der Waals surface area contributed by atoms with Crippen LogP contribution in [0.5, 0.6) is 0 Å². The zero-order valence-electron chi connectivity index (χ0n) is 18.3. The van der Waals surface area contributed by atoms with Gasteiger partial charge in [-0.25, -0.2) is 12.8 Å². The first-order valence-electron chi connectivity index (χ1n) is 10.3. The van der Waals surface area contributed by atoms with Crippen molar-refractivity contribution in [3.63, 3.8) is 0 Å². The minimum atomic E-state index is -3.91. The number of hydrogen-bond acceptors (Lipinski definition) is 4. The maximum atomic E-state index is 13.7. The summed E-state index contributed by atoms with van der Waals surface area (Å²) in [5, 5.41) is 0. The lowest BCUT2D eigenvalue weighted by Gasteiger charge is -2.26. The van der Waals surface area contributed by atoms with Gasteiger partial charge < -0.3 is 4.74 Å². The van der Waals surface area contributed by atoms with Crippen LogP contribution in [0.1, 0.15) is 29.2 Å². The maximum Gasteiger partial charge on any atom is 0.310 e. The molecule has 32 heavy (non-hydrogen) atoms. The molecule has 0 fully saturated rings. The first kappa shape index (κ1) is 23.5. The Morgan fingerprint density at radius 3 is 2.19 bits per heavy atom. The van der Waals surface area contributed by atoms with Gasteiger partial charge in [0, 0.05) is 0 Å². The zero-order chi connectivity index (χ0) is 23.3. The molecule has 3 aromatic carbocycles. The second-order valence-corrected chi connectivity index (χ2v) is 9.39. The molecule has 0 aliphatic heterocycles. The topological polar surface area (TPSA) is 63.7 Å². The molecular formula is C25H26FNO4S. The van der Waals surface area contributed by atoms with Gasteiger partial charge in [0.25, 0.3) is 10.0 Å². The van der Waals surface area contributed by atoms with Crippen molar-refractivity contribution in [2.45, 2.75) is 38.6 Å². The van der Waals surface area contributed by atoms with Gasteiger partial charge >= 0.3 is 5.97 Å². The molecule has 5 nitrogen and oxygen atoms in total. The number of carbonyl (C=O) groups is 1. The Morgan fingerprint density at radius 1 is 0.938 bits per heavy atom. The Balaban J connectivity index is 2.01. The predicted molar refractivity (Wildman–Crippen MR) is 122 cm³/mol. The Bertz CT molecular complexity index is 1190. The third kappa shape index (κ3) is 5.53. The molecule has 0 radical (unpaired) electrons. The van der Waals surface area contributed by atoms with Gasteiger partial charge in [0.15, 0.2) is 0 Å². The summed E-state index contributed by atoms with van der Waals surface area (Å²) in [7, 11) is -3.91. The van der Waals surface area contributed by atoms with E-state index < -0.39 is 10.0 Å². The van der Waals surface area contributed by atoms with Crippen LogP contribution in [0.25, 0.3) is 0 Å². The molecule has 7 heteroatoms. The number of carbonyl (C=O) groups excluding carboxylic acids is 1.